The van der Waals surface area contributed by atoms with E-state index < -0.39 is 0 Å². The van der Waals surface area contributed by atoms with Crippen molar-refractivity contribution in [2.45, 2.75) is 52.1 Å². The highest BCUT2D eigenvalue weighted by Crippen LogP contribution is 2.31. The second-order valence-corrected chi connectivity index (χ2v) is 7.36. The summed E-state index contributed by atoms with van der Waals surface area (Å²) in [6.45, 7) is 9.66. The van der Waals surface area contributed by atoms with E-state index in [1.165, 1.54) is 19.3 Å². The van der Waals surface area contributed by atoms with Gasteiger partial charge in [0.15, 0.2) is 11.3 Å². The SMILES string of the molecule is CCOc1cccc2cc(C(C)NC(=O)NC(C)CN3CCCCC3)oc12. The summed E-state index contributed by atoms with van der Waals surface area (Å²) in [7, 11) is 0. The van der Waals surface area contributed by atoms with Crippen LogP contribution in [0.1, 0.15) is 51.8 Å². The normalized spacial score (nSPS) is 17.4. The number of nitrogens with one attached hydrogen (secondary N) is 2. The minimum Gasteiger partial charge on any atom is -0.490 e. The number of hydrogen-bond donors (Lipinski definition) is 2. The highest BCUT2D eigenvalue weighted by atomic mass is 16.5. The van der Waals surface area contributed by atoms with Crippen LogP contribution in [0.25, 0.3) is 11.0 Å². The summed E-state index contributed by atoms with van der Waals surface area (Å²) in [5.41, 5.74) is 0.724. The van der Waals surface area contributed by atoms with Crippen molar-refractivity contribution in [3.05, 3.63) is 30.0 Å². The Hall–Kier alpha value is -2.21. The Kier molecular flexibility index (Phi) is 6.61. The largest absolute Gasteiger partial charge is 0.490 e. The van der Waals surface area contributed by atoms with Gasteiger partial charge in [-0.3, -0.25) is 0 Å². The molecule has 2 heterocycles. The first-order valence-electron chi connectivity index (χ1n) is 10.0. The van der Waals surface area contributed by atoms with E-state index >= 15 is 0 Å². The lowest BCUT2D eigenvalue weighted by Crippen LogP contribution is -2.47. The summed E-state index contributed by atoms with van der Waals surface area (Å²) in [5, 5.41) is 6.98. The molecule has 1 aliphatic rings. The lowest BCUT2D eigenvalue weighted by molar-refractivity contribution is 0.201. The van der Waals surface area contributed by atoms with Crippen LogP contribution in [0, 0.1) is 0 Å². The van der Waals surface area contributed by atoms with Gasteiger partial charge in [-0.05, 0) is 58.8 Å². The van der Waals surface area contributed by atoms with Crippen molar-refractivity contribution in [3.8, 4) is 5.75 Å². The minimum atomic E-state index is -0.228. The Labute approximate surface area is 161 Å². The van der Waals surface area contributed by atoms with Gasteiger partial charge in [0.1, 0.15) is 5.76 Å². The fourth-order valence-corrected chi connectivity index (χ4v) is 3.65. The van der Waals surface area contributed by atoms with Crippen LogP contribution in [-0.2, 0) is 0 Å². The molecule has 0 radical (unpaired) electrons. The maximum Gasteiger partial charge on any atom is 0.315 e. The van der Waals surface area contributed by atoms with Gasteiger partial charge in [0.2, 0.25) is 0 Å². The lowest BCUT2D eigenvalue weighted by Gasteiger charge is -2.29. The molecule has 2 unspecified atom stereocenters. The minimum absolute atomic E-state index is 0.107. The van der Waals surface area contributed by atoms with Gasteiger partial charge in [0.05, 0.1) is 12.6 Å². The molecule has 0 spiro atoms. The van der Waals surface area contributed by atoms with Gasteiger partial charge < -0.3 is 24.7 Å². The number of ether oxygens (including phenoxy) is 1. The molecule has 1 fully saturated rings. The maximum absolute atomic E-state index is 12.4. The van der Waals surface area contributed by atoms with Crippen LogP contribution in [0.4, 0.5) is 4.79 Å². The number of amides is 2. The average Bonchev–Trinajstić information content (AvgIpc) is 3.08. The van der Waals surface area contributed by atoms with Crippen molar-refractivity contribution in [1.82, 2.24) is 15.5 Å². The molecule has 1 aromatic carbocycles. The molecule has 2 amide bonds. The summed E-state index contributed by atoms with van der Waals surface area (Å²) in [5.74, 6) is 1.45. The van der Waals surface area contributed by atoms with Crippen molar-refractivity contribution >= 4 is 17.0 Å². The predicted octanol–water partition coefficient (Wildman–Crippen LogP) is 4.07. The summed E-state index contributed by atoms with van der Waals surface area (Å²) < 4.78 is 11.6. The molecule has 2 N–H and O–H groups in total. The number of nitrogens with zero attached hydrogens (tertiary/aromatic N) is 1. The molecule has 0 aliphatic carbocycles. The number of hydrogen-bond acceptors (Lipinski definition) is 4. The topological polar surface area (TPSA) is 66.7 Å². The smallest absolute Gasteiger partial charge is 0.315 e. The monoisotopic (exact) mass is 373 g/mol. The number of para-hydroxylation sites is 1. The second-order valence-electron chi connectivity index (χ2n) is 7.36. The van der Waals surface area contributed by atoms with E-state index in [0.717, 1.165) is 42.1 Å². The van der Waals surface area contributed by atoms with Gasteiger partial charge in [-0.2, -0.15) is 0 Å². The first kappa shape index (κ1) is 19.5. The molecular weight excluding hydrogens is 342 g/mol. The molecule has 2 aromatic rings. The number of rotatable bonds is 7. The average molecular weight is 373 g/mol. The van der Waals surface area contributed by atoms with Crippen LogP contribution >= 0.6 is 0 Å². The van der Waals surface area contributed by atoms with E-state index in [1.54, 1.807) is 0 Å². The maximum atomic E-state index is 12.4. The molecule has 27 heavy (non-hydrogen) atoms. The third-order valence-corrected chi connectivity index (χ3v) is 4.96. The molecular formula is C21H31N3O3. The molecule has 0 saturated carbocycles. The molecule has 0 bridgehead atoms. The number of carbonyl (C=O) groups excluding carboxylic acids is 1. The number of likely N-dealkylation sites (tertiary alicyclic amines) is 1. The van der Waals surface area contributed by atoms with Crippen molar-refractivity contribution < 1.29 is 13.9 Å². The van der Waals surface area contributed by atoms with Crippen LogP contribution in [0.2, 0.25) is 0 Å². The number of fused-ring (bicyclic) bond motifs is 1. The van der Waals surface area contributed by atoms with Crippen molar-refractivity contribution in [1.29, 1.82) is 0 Å². The molecule has 3 rings (SSSR count). The number of furan rings is 1. The van der Waals surface area contributed by atoms with Gasteiger partial charge in [-0.25, -0.2) is 4.79 Å². The predicted molar refractivity (Wildman–Crippen MR) is 107 cm³/mol. The number of carbonyl (C=O) groups is 1. The van der Waals surface area contributed by atoms with Crippen molar-refractivity contribution in [3.63, 3.8) is 0 Å². The highest BCUT2D eigenvalue weighted by Gasteiger charge is 2.18. The Morgan fingerprint density at radius 1 is 1.22 bits per heavy atom. The van der Waals surface area contributed by atoms with Crippen molar-refractivity contribution in [2.24, 2.45) is 0 Å². The zero-order valence-electron chi connectivity index (χ0n) is 16.6. The van der Waals surface area contributed by atoms with E-state index in [0.29, 0.717) is 6.61 Å². The summed E-state index contributed by atoms with van der Waals surface area (Å²) in [4.78, 5) is 14.8. The fraction of sp³-hybridized carbons (Fsp3) is 0.571. The van der Waals surface area contributed by atoms with E-state index in [2.05, 4.69) is 22.5 Å². The Morgan fingerprint density at radius 3 is 2.74 bits per heavy atom. The third-order valence-electron chi connectivity index (χ3n) is 4.96. The highest BCUT2D eigenvalue weighted by molar-refractivity contribution is 5.84. The zero-order chi connectivity index (χ0) is 19.2. The fourth-order valence-electron chi connectivity index (χ4n) is 3.65. The quantitative estimate of drug-likeness (QED) is 0.768. The Morgan fingerprint density at radius 2 is 2.00 bits per heavy atom. The van der Waals surface area contributed by atoms with E-state index in [1.807, 2.05) is 38.1 Å². The molecule has 148 valence electrons. The summed E-state index contributed by atoms with van der Waals surface area (Å²) in [6, 6.07) is 7.49. The van der Waals surface area contributed by atoms with Crippen LogP contribution in [0.5, 0.6) is 5.75 Å². The number of piperidine rings is 1. The Balaban J connectivity index is 1.56. The van der Waals surface area contributed by atoms with Crippen LogP contribution in [0.3, 0.4) is 0 Å². The molecule has 2 atom stereocenters. The second kappa shape index (κ2) is 9.13. The van der Waals surface area contributed by atoms with E-state index in [9.17, 15) is 4.79 Å². The van der Waals surface area contributed by atoms with Gasteiger partial charge in [-0.15, -0.1) is 0 Å². The molecule has 1 aromatic heterocycles. The lowest BCUT2D eigenvalue weighted by atomic mass is 10.1. The number of benzene rings is 1. The van der Waals surface area contributed by atoms with E-state index in [4.69, 9.17) is 9.15 Å². The van der Waals surface area contributed by atoms with Crippen LogP contribution < -0.4 is 15.4 Å². The summed E-state index contributed by atoms with van der Waals surface area (Å²) >= 11 is 0. The van der Waals surface area contributed by atoms with Crippen LogP contribution in [0.15, 0.2) is 28.7 Å². The zero-order valence-corrected chi connectivity index (χ0v) is 16.6. The van der Waals surface area contributed by atoms with Crippen molar-refractivity contribution in [2.75, 3.05) is 26.2 Å². The van der Waals surface area contributed by atoms with Gasteiger partial charge in [-0.1, -0.05) is 18.6 Å². The number of urea groups is 1. The van der Waals surface area contributed by atoms with Gasteiger partial charge in [0.25, 0.3) is 0 Å². The molecule has 6 nitrogen and oxygen atoms in total. The Bertz CT molecular complexity index is 752. The molecule has 1 saturated heterocycles. The third kappa shape index (κ3) is 5.16. The summed E-state index contributed by atoms with van der Waals surface area (Å²) in [6.07, 6.45) is 3.83. The standard InChI is InChI=1S/C21H31N3O3/c1-4-26-18-10-8-9-17-13-19(27-20(17)18)16(3)23-21(25)22-15(2)14-24-11-6-5-7-12-24/h8-10,13,15-16H,4-7,11-12,14H2,1-3H3,(H2,22,23,25). The van der Waals surface area contributed by atoms with Gasteiger partial charge >= 0.3 is 6.03 Å². The van der Waals surface area contributed by atoms with Crippen LogP contribution in [-0.4, -0.2) is 43.2 Å². The van der Waals surface area contributed by atoms with E-state index in [-0.39, 0.29) is 18.1 Å². The first-order chi connectivity index (χ1) is 13.1. The molecule has 1 aliphatic heterocycles. The first-order valence-corrected chi connectivity index (χ1v) is 10.0. The molecule has 6 heteroatoms. The van der Waals surface area contributed by atoms with Gasteiger partial charge in [0, 0.05) is 18.0 Å².